The molecule has 15 heteroatoms. The number of nitrogens with one attached hydrogen (secondary N) is 3. The van der Waals surface area contributed by atoms with Crippen LogP contribution in [0.3, 0.4) is 0 Å². The maximum Gasteiger partial charge on any atom is 0.417 e. The molecule has 3 heterocycles. The molecule has 0 bridgehead atoms. The minimum Gasteiger partial charge on any atom is -0.493 e. The van der Waals surface area contributed by atoms with E-state index < -0.39 is 70.9 Å². The lowest BCUT2D eigenvalue weighted by molar-refractivity contribution is -0.272. The lowest BCUT2D eigenvalue weighted by Crippen LogP contribution is -2.47. The van der Waals surface area contributed by atoms with Gasteiger partial charge in [-0.3, -0.25) is 14.4 Å². The van der Waals surface area contributed by atoms with E-state index in [1.165, 1.54) is 13.0 Å². The molecule has 0 radical (unpaired) electrons. The van der Waals surface area contributed by atoms with E-state index in [1.54, 1.807) is 0 Å². The first-order valence-electron chi connectivity index (χ1n) is 12.6. The van der Waals surface area contributed by atoms with E-state index in [4.69, 9.17) is 15.2 Å². The zero-order valence-corrected chi connectivity index (χ0v) is 22.2. The van der Waals surface area contributed by atoms with Gasteiger partial charge in [-0.2, -0.15) is 17.6 Å². The van der Waals surface area contributed by atoms with E-state index >= 15 is 0 Å². The third-order valence-electron chi connectivity index (χ3n) is 7.54. The van der Waals surface area contributed by atoms with Crippen LogP contribution in [0.4, 0.5) is 33.5 Å². The molecule has 2 aliphatic rings. The number of ether oxygens (including phenoxy) is 2. The fraction of sp³-hybridized carbons (Fsp3) is 0.462. The van der Waals surface area contributed by atoms with Gasteiger partial charge in [0.2, 0.25) is 11.7 Å². The summed E-state index contributed by atoms with van der Waals surface area (Å²) in [5.74, 6) is -9.01. The highest BCUT2D eigenvalue weighted by Crippen LogP contribution is 2.55. The number of methoxy groups -OCH3 is 1. The summed E-state index contributed by atoms with van der Waals surface area (Å²) in [5, 5.41) is 7.89. The number of nitrogens with zero attached hydrogens (tertiary/aromatic N) is 1. The Morgan fingerprint density at radius 2 is 1.88 bits per heavy atom. The third-order valence-corrected chi connectivity index (χ3v) is 7.54. The van der Waals surface area contributed by atoms with Crippen molar-refractivity contribution in [1.29, 1.82) is 0 Å². The average Bonchev–Trinajstić information content (AvgIpc) is 3.53. The number of alkyl halides is 3. The summed E-state index contributed by atoms with van der Waals surface area (Å²) in [6, 6.07) is 3.50. The Labute approximate surface area is 231 Å². The Morgan fingerprint density at radius 1 is 1.17 bits per heavy atom. The molecular formula is C26H28F5N5O5. The van der Waals surface area contributed by atoms with Crippen LogP contribution in [0.25, 0.3) is 0 Å². The molecule has 0 aliphatic carbocycles. The number of rotatable bonds is 7. The number of pyridine rings is 1. The largest absolute Gasteiger partial charge is 0.493 e. The fourth-order valence-corrected chi connectivity index (χ4v) is 5.17. The standard InChI is InChI=1S/C26H28F5N5O5/c1-11-18(13-6-7-14(27)19(28)20(13)40-3)21(41-25(11,2)26(29,30)31)24(39)34-12-9-16(22(32)37)35-17(10-12)36-23(38)15-5-4-8-33-15/h6-7,9-11,15,18,21,33H,4-5,8H2,1-3H3,(H2,32,37)(H2,34,35,36,38,39)/t11-,15?,18-,21+,25+/m0/s1. The predicted octanol–water partition coefficient (Wildman–Crippen LogP) is 3.24. The number of carbonyl (C=O) groups is 3. The Kier molecular flexibility index (Phi) is 8.23. The van der Waals surface area contributed by atoms with Gasteiger partial charge in [0, 0.05) is 29.2 Å². The van der Waals surface area contributed by atoms with Gasteiger partial charge in [-0.05, 0) is 38.4 Å². The highest BCUT2D eigenvalue weighted by Gasteiger charge is 2.66. The van der Waals surface area contributed by atoms with Gasteiger partial charge < -0.3 is 31.2 Å². The smallest absolute Gasteiger partial charge is 0.417 e. The SMILES string of the molecule is COc1c([C@H]2[C@H](C(=O)Nc3cc(NC(=O)C4CCCN4)nc(C(N)=O)c3)O[C@@](C)(C(F)(F)F)[C@H]2C)ccc(F)c1F. The van der Waals surface area contributed by atoms with Gasteiger partial charge in [-0.25, -0.2) is 9.37 Å². The Morgan fingerprint density at radius 3 is 2.46 bits per heavy atom. The maximum absolute atomic E-state index is 14.6. The van der Waals surface area contributed by atoms with Crippen LogP contribution < -0.4 is 26.4 Å². The van der Waals surface area contributed by atoms with E-state index in [2.05, 4.69) is 20.9 Å². The molecule has 1 aromatic heterocycles. The molecule has 2 fully saturated rings. The van der Waals surface area contributed by atoms with Crippen LogP contribution in [-0.4, -0.2) is 60.3 Å². The summed E-state index contributed by atoms with van der Waals surface area (Å²) in [4.78, 5) is 41.9. The Balaban J connectivity index is 1.71. The molecule has 2 saturated heterocycles. The van der Waals surface area contributed by atoms with Gasteiger partial charge in [0.1, 0.15) is 17.6 Å². The van der Waals surface area contributed by atoms with Gasteiger partial charge in [0.05, 0.1) is 13.2 Å². The number of hydrogen-bond donors (Lipinski definition) is 4. The zero-order valence-electron chi connectivity index (χ0n) is 22.2. The molecule has 41 heavy (non-hydrogen) atoms. The van der Waals surface area contributed by atoms with Crippen molar-refractivity contribution in [2.24, 2.45) is 11.7 Å². The summed E-state index contributed by atoms with van der Waals surface area (Å²) in [5.41, 5.74) is 1.79. The molecule has 2 aromatic rings. The number of anilines is 2. The molecule has 0 saturated carbocycles. The van der Waals surface area contributed by atoms with Crippen molar-refractivity contribution in [3.05, 3.63) is 47.2 Å². The number of carbonyl (C=O) groups excluding carboxylic acids is 3. The fourth-order valence-electron chi connectivity index (χ4n) is 5.17. The van der Waals surface area contributed by atoms with Gasteiger partial charge in [-0.15, -0.1) is 0 Å². The van der Waals surface area contributed by atoms with Crippen molar-refractivity contribution in [1.82, 2.24) is 10.3 Å². The minimum absolute atomic E-state index is 0.138. The number of benzene rings is 1. The third kappa shape index (κ3) is 5.68. The van der Waals surface area contributed by atoms with Crippen LogP contribution >= 0.6 is 0 Å². The van der Waals surface area contributed by atoms with E-state index in [0.29, 0.717) is 19.0 Å². The lowest BCUT2D eigenvalue weighted by atomic mass is 9.77. The minimum atomic E-state index is -4.95. The maximum atomic E-state index is 14.6. The van der Waals surface area contributed by atoms with Crippen LogP contribution in [0.5, 0.6) is 5.75 Å². The zero-order chi connectivity index (χ0) is 30.3. The van der Waals surface area contributed by atoms with Crippen molar-refractivity contribution in [3.63, 3.8) is 0 Å². The number of nitrogens with two attached hydrogens (primary N) is 1. The first-order valence-corrected chi connectivity index (χ1v) is 12.6. The first kappa shape index (κ1) is 30.1. The highest BCUT2D eigenvalue weighted by atomic mass is 19.4. The summed E-state index contributed by atoms with van der Waals surface area (Å²) in [7, 11) is 1.01. The number of hydrogen-bond acceptors (Lipinski definition) is 7. The van der Waals surface area contributed by atoms with Crippen LogP contribution in [0, 0.1) is 17.6 Å². The lowest BCUT2D eigenvalue weighted by Gasteiger charge is -2.32. The molecule has 5 atom stereocenters. The summed E-state index contributed by atoms with van der Waals surface area (Å²) < 4.78 is 81.4. The van der Waals surface area contributed by atoms with Gasteiger partial charge in [0.15, 0.2) is 17.2 Å². The van der Waals surface area contributed by atoms with E-state index in [1.807, 2.05) is 0 Å². The molecule has 1 unspecified atom stereocenters. The number of primary amides is 1. The summed E-state index contributed by atoms with van der Waals surface area (Å²) >= 11 is 0. The van der Waals surface area contributed by atoms with Gasteiger partial charge in [0.25, 0.3) is 11.8 Å². The van der Waals surface area contributed by atoms with Crippen LogP contribution in [0.2, 0.25) is 0 Å². The quantitative estimate of drug-likeness (QED) is 0.365. The average molecular weight is 586 g/mol. The number of aromatic nitrogens is 1. The number of amides is 3. The van der Waals surface area contributed by atoms with Crippen LogP contribution in [0.15, 0.2) is 24.3 Å². The topological polar surface area (TPSA) is 145 Å². The van der Waals surface area contributed by atoms with Crippen LogP contribution in [0.1, 0.15) is 48.7 Å². The second kappa shape index (κ2) is 11.2. The van der Waals surface area contributed by atoms with Gasteiger partial charge in [-0.1, -0.05) is 13.0 Å². The molecule has 0 spiro atoms. The van der Waals surface area contributed by atoms with E-state index in [9.17, 15) is 36.3 Å². The van der Waals surface area contributed by atoms with Crippen molar-refractivity contribution in [2.45, 2.75) is 56.5 Å². The van der Waals surface area contributed by atoms with Crippen LogP contribution in [-0.2, 0) is 14.3 Å². The molecule has 1 aromatic carbocycles. The highest BCUT2D eigenvalue weighted by molar-refractivity contribution is 6.00. The Hall–Kier alpha value is -3.85. The predicted molar refractivity (Wildman–Crippen MR) is 135 cm³/mol. The van der Waals surface area contributed by atoms with E-state index in [-0.39, 0.29) is 22.8 Å². The molecule has 4 rings (SSSR count). The first-order chi connectivity index (χ1) is 19.2. The molecule has 5 N–H and O–H groups in total. The summed E-state index contributed by atoms with van der Waals surface area (Å²) in [6.07, 6.45) is -5.49. The normalized spacial score (nSPS) is 26.0. The molecule has 3 amide bonds. The van der Waals surface area contributed by atoms with Gasteiger partial charge >= 0.3 is 6.18 Å². The van der Waals surface area contributed by atoms with E-state index in [0.717, 1.165) is 32.6 Å². The number of halogens is 5. The molecular weight excluding hydrogens is 557 g/mol. The molecule has 2 aliphatic heterocycles. The van der Waals surface area contributed by atoms with Crippen molar-refractivity contribution < 1.29 is 45.8 Å². The summed E-state index contributed by atoms with van der Waals surface area (Å²) in [6.45, 7) is 2.57. The second-order valence-electron chi connectivity index (χ2n) is 10.1. The monoisotopic (exact) mass is 585 g/mol. The Bertz CT molecular complexity index is 1370. The van der Waals surface area contributed by atoms with Crippen molar-refractivity contribution in [2.75, 3.05) is 24.3 Å². The van der Waals surface area contributed by atoms with Crippen molar-refractivity contribution >= 4 is 29.2 Å². The second-order valence-corrected chi connectivity index (χ2v) is 10.1. The molecule has 222 valence electrons. The molecule has 10 nitrogen and oxygen atoms in total. The van der Waals surface area contributed by atoms with Crippen molar-refractivity contribution in [3.8, 4) is 5.75 Å².